The molecule has 0 aromatic heterocycles. The van der Waals surface area contributed by atoms with Crippen molar-refractivity contribution < 1.29 is 9.84 Å². The highest BCUT2D eigenvalue weighted by Crippen LogP contribution is 2.58. The number of rotatable bonds is 17. The van der Waals surface area contributed by atoms with Crippen molar-refractivity contribution in [2.45, 2.75) is 73.3 Å². The lowest BCUT2D eigenvalue weighted by Crippen LogP contribution is -2.48. The molecule has 2 N–H and O–H groups in total. The number of phenolic OH excluding ortho intramolecular Hbond substituents is 1. The molecule has 0 fully saturated rings. The van der Waals surface area contributed by atoms with Gasteiger partial charge in [0.05, 0.1) is 12.8 Å². The third-order valence-electron chi connectivity index (χ3n) is 11.4. The topological polar surface area (TPSA) is 41.5 Å². The first kappa shape index (κ1) is 38.3. The van der Waals surface area contributed by atoms with E-state index in [0.29, 0.717) is 24.2 Å². The molecule has 0 aliphatic heterocycles. The highest BCUT2D eigenvalue weighted by molar-refractivity contribution is 7.95. The first-order valence-electron chi connectivity index (χ1n) is 18.8. The van der Waals surface area contributed by atoms with Gasteiger partial charge in [-0.05, 0) is 114 Å². The van der Waals surface area contributed by atoms with Crippen molar-refractivity contribution in [2.75, 3.05) is 19.3 Å². The molecule has 0 aliphatic carbocycles. The van der Waals surface area contributed by atoms with Gasteiger partial charge in [0.1, 0.15) is 34.7 Å². The van der Waals surface area contributed by atoms with Crippen LogP contribution < -0.4 is 26.0 Å². The summed E-state index contributed by atoms with van der Waals surface area (Å²) in [4.78, 5) is 0. The van der Waals surface area contributed by atoms with Crippen molar-refractivity contribution in [3.05, 3.63) is 151 Å². The average molecular weight is 701 g/mol. The molecule has 0 bridgehead atoms. The van der Waals surface area contributed by atoms with Crippen LogP contribution in [0.4, 0.5) is 0 Å². The van der Waals surface area contributed by atoms with E-state index in [9.17, 15) is 5.11 Å². The van der Waals surface area contributed by atoms with Crippen LogP contribution in [0.2, 0.25) is 0 Å². The molecule has 0 aliphatic rings. The number of hydrogen-bond acceptors (Lipinski definition) is 3. The summed E-state index contributed by atoms with van der Waals surface area (Å²) in [5, 5.41) is 18.1. The molecule has 0 heterocycles. The van der Waals surface area contributed by atoms with Crippen molar-refractivity contribution in [3.8, 4) is 11.5 Å². The molecule has 3 nitrogen and oxygen atoms in total. The number of nitrogens with one attached hydrogen (secondary N) is 1. The molecule has 268 valence electrons. The largest absolute Gasteiger partial charge is 0.508 e. The Balaban J connectivity index is 1.29. The summed E-state index contributed by atoms with van der Waals surface area (Å²) in [6, 6.07) is 50.2. The van der Waals surface area contributed by atoms with Gasteiger partial charge < -0.3 is 15.2 Å². The van der Waals surface area contributed by atoms with Gasteiger partial charge in [0.2, 0.25) is 0 Å². The van der Waals surface area contributed by atoms with Crippen LogP contribution in [0.1, 0.15) is 84.4 Å². The molecule has 4 heteroatoms. The molecule has 5 aromatic carbocycles. The van der Waals surface area contributed by atoms with Crippen molar-refractivity contribution in [1.29, 1.82) is 0 Å². The van der Waals surface area contributed by atoms with Crippen LogP contribution in [-0.4, -0.2) is 24.4 Å². The molecule has 2 unspecified atom stereocenters. The van der Waals surface area contributed by atoms with Gasteiger partial charge in [0.25, 0.3) is 0 Å². The van der Waals surface area contributed by atoms with Gasteiger partial charge in [-0.1, -0.05) is 127 Å². The molecule has 2 atom stereocenters. The van der Waals surface area contributed by atoms with Crippen molar-refractivity contribution in [3.63, 3.8) is 0 Å². The third-order valence-corrected chi connectivity index (χ3v) is 16.0. The maximum Gasteiger partial charge on any atom is 0.119 e. The molecule has 51 heavy (non-hydrogen) atoms. The molecule has 0 radical (unpaired) electrons. The fourth-order valence-electron chi connectivity index (χ4n) is 8.36. The second kappa shape index (κ2) is 17.1. The maximum atomic E-state index is 9.98. The lowest BCUT2D eigenvalue weighted by Gasteiger charge is -2.53. The van der Waals surface area contributed by atoms with Crippen LogP contribution in [0.5, 0.6) is 11.5 Å². The van der Waals surface area contributed by atoms with Gasteiger partial charge in [0, 0.05) is 6.04 Å². The summed E-state index contributed by atoms with van der Waals surface area (Å²) in [7, 11) is -1.83. The molecule has 0 saturated carbocycles. The fraction of sp³-hybridized carbons (Fsp3) is 0.362. The number of unbranched alkanes of at least 4 members (excludes halogenated alkanes) is 1. The predicted molar refractivity (Wildman–Crippen MR) is 221 cm³/mol. The van der Waals surface area contributed by atoms with Crippen molar-refractivity contribution in [1.82, 2.24) is 5.32 Å². The minimum absolute atomic E-state index is 0.0693. The fourth-order valence-corrected chi connectivity index (χ4v) is 12.8. The van der Waals surface area contributed by atoms with Crippen molar-refractivity contribution >= 4 is 23.2 Å². The molecule has 5 aromatic rings. The highest BCUT2D eigenvalue weighted by Gasteiger charge is 2.49. The molecule has 0 amide bonds. The number of hydrogen-bond donors (Lipinski definition) is 2. The quantitative estimate of drug-likeness (QED) is 0.0750. The Labute approximate surface area is 308 Å². The molecule has 0 saturated heterocycles. The number of aromatic hydroxyl groups is 1. The van der Waals surface area contributed by atoms with E-state index in [4.69, 9.17) is 4.74 Å². The normalized spacial score (nSPS) is 13.6. The second-order valence-corrected chi connectivity index (χ2v) is 19.0. The van der Waals surface area contributed by atoms with E-state index in [1.54, 1.807) is 12.1 Å². The van der Waals surface area contributed by atoms with Crippen molar-refractivity contribution in [2.24, 2.45) is 16.7 Å². The van der Waals surface area contributed by atoms with E-state index in [0.717, 1.165) is 31.3 Å². The van der Waals surface area contributed by atoms with Crippen LogP contribution in [0.25, 0.3) is 0 Å². The SMILES string of the molecule is CCNC(c1ccc(O)cc1)C(C)(C)C(C)(C)C(c1ccc(OCCCC[P+](c2ccccc2)(c2ccccc2)c2ccccc2)cc1)C(C)C. The Kier molecular flexibility index (Phi) is 12.8. The summed E-state index contributed by atoms with van der Waals surface area (Å²) in [5.41, 5.74) is 2.37. The average Bonchev–Trinajstić information content (AvgIpc) is 3.14. The summed E-state index contributed by atoms with van der Waals surface area (Å²) < 4.78 is 6.41. The van der Waals surface area contributed by atoms with Crippen LogP contribution in [-0.2, 0) is 0 Å². The first-order valence-corrected chi connectivity index (χ1v) is 20.8. The lowest BCUT2D eigenvalue weighted by molar-refractivity contribution is 0.0191. The standard InChI is InChI=1S/C47H58NO2P/c1-8-48-45(38-26-30-39(49)31-27-38)47(6,7)46(4,5)44(36(2)3)37-28-32-40(33-29-37)50-34-18-19-35-51(41-20-12-9-13-21-41,42-22-14-10-15-23-42)43-24-16-11-17-25-43/h9-17,20-33,36,44-45,48H,8,18-19,34-35H2,1-7H3/p+1. The first-order chi connectivity index (χ1) is 24.5. The Morgan fingerprint density at radius 2 is 1.08 bits per heavy atom. The smallest absolute Gasteiger partial charge is 0.119 e. The summed E-state index contributed by atoms with van der Waals surface area (Å²) in [6.07, 6.45) is 3.18. The Bertz CT molecular complexity index is 1650. The lowest BCUT2D eigenvalue weighted by atomic mass is 9.53. The van der Waals surface area contributed by atoms with Gasteiger partial charge >= 0.3 is 0 Å². The molecule has 0 spiro atoms. The van der Waals surface area contributed by atoms with E-state index >= 15 is 0 Å². The Morgan fingerprint density at radius 3 is 1.53 bits per heavy atom. The predicted octanol–water partition coefficient (Wildman–Crippen LogP) is 10.7. The zero-order valence-electron chi connectivity index (χ0n) is 31.8. The molecular formula is C47H59NO2P+. The maximum absolute atomic E-state index is 9.98. The number of phenols is 1. The van der Waals surface area contributed by atoms with Crippen LogP contribution in [0.15, 0.2) is 140 Å². The zero-order chi connectivity index (χ0) is 36.5. The van der Waals surface area contributed by atoms with E-state index in [1.165, 1.54) is 27.0 Å². The Hall–Kier alpha value is -3.91. The summed E-state index contributed by atoms with van der Waals surface area (Å²) >= 11 is 0. The highest BCUT2D eigenvalue weighted by atomic mass is 31.2. The molecular weight excluding hydrogens is 641 g/mol. The summed E-state index contributed by atoms with van der Waals surface area (Å²) in [5.74, 6) is 2.00. The number of benzene rings is 5. The van der Waals surface area contributed by atoms with Gasteiger partial charge in [-0.15, -0.1) is 0 Å². The van der Waals surface area contributed by atoms with E-state index in [1.807, 2.05) is 0 Å². The van der Waals surface area contributed by atoms with E-state index in [-0.39, 0.29) is 16.9 Å². The minimum Gasteiger partial charge on any atom is -0.508 e. The van der Waals surface area contributed by atoms with Gasteiger partial charge in [0.15, 0.2) is 0 Å². The molecule has 5 rings (SSSR count). The van der Waals surface area contributed by atoms with E-state index < -0.39 is 7.26 Å². The van der Waals surface area contributed by atoms with Crippen LogP contribution in [0.3, 0.4) is 0 Å². The zero-order valence-corrected chi connectivity index (χ0v) is 32.7. The van der Waals surface area contributed by atoms with Crippen LogP contribution >= 0.6 is 7.26 Å². The minimum atomic E-state index is -1.83. The third kappa shape index (κ3) is 8.43. The monoisotopic (exact) mass is 700 g/mol. The summed E-state index contributed by atoms with van der Waals surface area (Å²) in [6.45, 7) is 18.1. The van der Waals surface area contributed by atoms with Crippen LogP contribution in [0, 0.1) is 16.7 Å². The second-order valence-electron chi connectivity index (χ2n) is 15.4. The van der Waals surface area contributed by atoms with Gasteiger partial charge in [-0.2, -0.15) is 0 Å². The Morgan fingerprint density at radius 1 is 0.608 bits per heavy atom. The van der Waals surface area contributed by atoms with Gasteiger partial charge in [-0.3, -0.25) is 0 Å². The van der Waals surface area contributed by atoms with E-state index in [2.05, 4.69) is 181 Å². The van der Waals surface area contributed by atoms with Gasteiger partial charge in [-0.25, -0.2) is 0 Å². The number of ether oxygens (including phenoxy) is 1.